The predicted octanol–water partition coefficient (Wildman–Crippen LogP) is 3.11. The first-order chi connectivity index (χ1) is 7.36. The SMILES string of the molecule is CC(C)(C)OC(=O)C(Br)=C(C(=O)O)C(C)(C)C. The molecule has 0 heterocycles. The number of rotatable bonds is 2. The van der Waals surface area contributed by atoms with E-state index in [9.17, 15) is 9.59 Å². The molecule has 0 bridgehead atoms. The van der Waals surface area contributed by atoms with E-state index in [0.717, 1.165) is 0 Å². The van der Waals surface area contributed by atoms with Gasteiger partial charge < -0.3 is 9.84 Å². The van der Waals surface area contributed by atoms with Gasteiger partial charge in [0.25, 0.3) is 0 Å². The third-order valence-electron chi connectivity index (χ3n) is 1.76. The smallest absolute Gasteiger partial charge is 0.346 e. The molecule has 0 atom stereocenters. The van der Waals surface area contributed by atoms with Gasteiger partial charge in [0.05, 0.1) is 5.57 Å². The lowest BCUT2D eigenvalue weighted by atomic mass is 9.86. The van der Waals surface area contributed by atoms with Crippen molar-refractivity contribution in [3.8, 4) is 0 Å². The number of esters is 1. The Morgan fingerprint density at radius 2 is 1.47 bits per heavy atom. The standard InChI is InChI=1S/C12H19BrO4/c1-11(2,3)7(9(14)15)8(13)10(16)17-12(4,5)6/h1-6H3,(H,14,15). The normalized spacial score (nSPS) is 14.1. The van der Waals surface area contributed by atoms with E-state index in [1.807, 2.05) is 0 Å². The van der Waals surface area contributed by atoms with Crippen LogP contribution in [0.5, 0.6) is 0 Å². The maximum Gasteiger partial charge on any atom is 0.346 e. The monoisotopic (exact) mass is 306 g/mol. The average molecular weight is 307 g/mol. The molecule has 0 aromatic rings. The zero-order chi connectivity index (χ0) is 14.0. The van der Waals surface area contributed by atoms with Crippen LogP contribution in [0.3, 0.4) is 0 Å². The molecule has 4 nitrogen and oxygen atoms in total. The molecule has 0 fully saturated rings. The Balaban J connectivity index is 5.39. The summed E-state index contributed by atoms with van der Waals surface area (Å²) in [6.45, 7) is 10.3. The molecule has 98 valence electrons. The van der Waals surface area contributed by atoms with Crippen molar-refractivity contribution in [3.63, 3.8) is 0 Å². The van der Waals surface area contributed by atoms with Gasteiger partial charge in [-0.3, -0.25) is 0 Å². The number of halogens is 1. The minimum Gasteiger partial charge on any atom is -0.478 e. The van der Waals surface area contributed by atoms with Crippen LogP contribution < -0.4 is 0 Å². The van der Waals surface area contributed by atoms with E-state index in [-0.39, 0.29) is 10.1 Å². The van der Waals surface area contributed by atoms with Crippen LogP contribution in [0.1, 0.15) is 41.5 Å². The van der Waals surface area contributed by atoms with E-state index in [1.165, 1.54) is 0 Å². The summed E-state index contributed by atoms with van der Waals surface area (Å²) in [5, 5.41) is 9.13. The number of carbonyl (C=O) groups is 2. The van der Waals surface area contributed by atoms with Crippen molar-refractivity contribution in [3.05, 3.63) is 10.1 Å². The van der Waals surface area contributed by atoms with Gasteiger partial charge in [0.1, 0.15) is 10.1 Å². The van der Waals surface area contributed by atoms with E-state index < -0.39 is 23.0 Å². The number of aliphatic carboxylic acids is 1. The zero-order valence-electron chi connectivity index (χ0n) is 11.0. The molecule has 0 unspecified atom stereocenters. The van der Waals surface area contributed by atoms with Crippen molar-refractivity contribution in [1.29, 1.82) is 0 Å². The second kappa shape index (κ2) is 5.21. The fraction of sp³-hybridized carbons (Fsp3) is 0.667. The van der Waals surface area contributed by atoms with Crippen LogP contribution in [0.25, 0.3) is 0 Å². The Morgan fingerprint density at radius 1 is 1.06 bits per heavy atom. The largest absolute Gasteiger partial charge is 0.478 e. The molecular weight excluding hydrogens is 288 g/mol. The van der Waals surface area contributed by atoms with Gasteiger partial charge in [-0.05, 0) is 42.1 Å². The van der Waals surface area contributed by atoms with Crippen molar-refractivity contribution in [2.45, 2.75) is 47.1 Å². The van der Waals surface area contributed by atoms with Crippen LogP contribution in [0.4, 0.5) is 0 Å². The summed E-state index contributed by atoms with van der Waals surface area (Å²) >= 11 is 3.02. The highest BCUT2D eigenvalue weighted by Crippen LogP contribution is 2.32. The molecule has 17 heavy (non-hydrogen) atoms. The van der Waals surface area contributed by atoms with Crippen molar-refractivity contribution in [2.75, 3.05) is 0 Å². The molecule has 0 aliphatic rings. The quantitative estimate of drug-likeness (QED) is 0.629. The third-order valence-corrected chi connectivity index (χ3v) is 2.48. The summed E-state index contributed by atoms with van der Waals surface area (Å²) in [7, 11) is 0. The molecule has 0 aliphatic carbocycles. The van der Waals surface area contributed by atoms with Gasteiger partial charge >= 0.3 is 11.9 Å². The lowest BCUT2D eigenvalue weighted by molar-refractivity contribution is -0.149. The van der Waals surface area contributed by atoms with Gasteiger partial charge in [-0.25, -0.2) is 9.59 Å². The molecule has 0 radical (unpaired) electrons. The maximum absolute atomic E-state index is 11.8. The van der Waals surface area contributed by atoms with Crippen LogP contribution >= 0.6 is 15.9 Å². The minimum atomic E-state index is -1.13. The topological polar surface area (TPSA) is 63.6 Å². The summed E-state index contributed by atoms with van der Waals surface area (Å²) in [5.74, 6) is -1.79. The van der Waals surface area contributed by atoms with Crippen LogP contribution in [-0.2, 0) is 14.3 Å². The molecule has 0 aliphatic heterocycles. The fourth-order valence-corrected chi connectivity index (χ4v) is 2.01. The van der Waals surface area contributed by atoms with Gasteiger partial charge in [0.15, 0.2) is 0 Å². The Bertz CT molecular complexity index is 356. The Kier molecular flexibility index (Phi) is 4.95. The van der Waals surface area contributed by atoms with E-state index in [1.54, 1.807) is 41.5 Å². The molecule has 0 amide bonds. The van der Waals surface area contributed by atoms with Gasteiger partial charge in [0.2, 0.25) is 0 Å². The lowest BCUT2D eigenvalue weighted by Crippen LogP contribution is -2.27. The number of carboxylic acids is 1. The Morgan fingerprint density at radius 3 is 1.71 bits per heavy atom. The second-order valence-corrected chi connectivity index (χ2v) is 6.54. The molecule has 0 aromatic heterocycles. The van der Waals surface area contributed by atoms with Crippen molar-refractivity contribution in [1.82, 2.24) is 0 Å². The Labute approximate surface area is 110 Å². The summed E-state index contributed by atoms with van der Waals surface area (Å²) in [6, 6.07) is 0. The number of hydrogen-bond acceptors (Lipinski definition) is 3. The van der Waals surface area contributed by atoms with E-state index in [2.05, 4.69) is 15.9 Å². The first kappa shape index (κ1) is 16.2. The molecule has 0 spiro atoms. The van der Waals surface area contributed by atoms with Crippen LogP contribution in [0.15, 0.2) is 10.1 Å². The maximum atomic E-state index is 11.8. The highest BCUT2D eigenvalue weighted by molar-refractivity contribution is 9.12. The van der Waals surface area contributed by atoms with Crippen molar-refractivity contribution >= 4 is 27.9 Å². The highest BCUT2D eigenvalue weighted by Gasteiger charge is 2.31. The zero-order valence-corrected chi connectivity index (χ0v) is 12.6. The molecule has 0 aromatic carbocycles. The van der Waals surface area contributed by atoms with E-state index in [4.69, 9.17) is 9.84 Å². The highest BCUT2D eigenvalue weighted by atomic mass is 79.9. The molecule has 0 rings (SSSR count). The number of carbonyl (C=O) groups excluding carboxylic acids is 1. The van der Waals surface area contributed by atoms with Gasteiger partial charge in [-0.1, -0.05) is 20.8 Å². The first-order valence-corrected chi connectivity index (χ1v) is 6.02. The summed E-state index contributed by atoms with van der Waals surface area (Å²) < 4.78 is 5.08. The van der Waals surface area contributed by atoms with Crippen molar-refractivity contribution < 1.29 is 19.4 Å². The number of ether oxygens (including phenoxy) is 1. The summed E-state index contributed by atoms with van der Waals surface area (Å²) in [4.78, 5) is 22.9. The molecule has 5 heteroatoms. The second-order valence-electron chi connectivity index (χ2n) is 5.75. The minimum absolute atomic E-state index is 0.00625. The lowest BCUT2D eigenvalue weighted by Gasteiger charge is -2.23. The van der Waals surface area contributed by atoms with Crippen LogP contribution in [0, 0.1) is 5.41 Å². The molecule has 0 saturated carbocycles. The third kappa shape index (κ3) is 5.35. The Hall–Kier alpha value is -0.840. The van der Waals surface area contributed by atoms with Crippen molar-refractivity contribution in [2.24, 2.45) is 5.41 Å². The average Bonchev–Trinajstić information content (AvgIpc) is 1.96. The summed E-state index contributed by atoms with van der Waals surface area (Å²) in [5.41, 5.74) is -1.30. The van der Waals surface area contributed by atoms with Crippen LogP contribution in [-0.4, -0.2) is 22.6 Å². The van der Waals surface area contributed by atoms with E-state index >= 15 is 0 Å². The van der Waals surface area contributed by atoms with Gasteiger partial charge in [-0.2, -0.15) is 0 Å². The number of carboxylic acid groups (broad SMARTS) is 1. The van der Waals surface area contributed by atoms with Gasteiger partial charge in [-0.15, -0.1) is 0 Å². The van der Waals surface area contributed by atoms with Crippen LogP contribution in [0.2, 0.25) is 0 Å². The van der Waals surface area contributed by atoms with E-state index in [0.29, 0.717) is 0 Å². The first-order valence-electron chi connectivity index (χ1n) is 5.23. The molecular formula is C12H19BrO4. The number of hydrogen-bond donors (Lipinski definition) is 1. The fourth-order valence-electron chi connectivity index (χ4n) is 1.17. The van der Waals surface area contributed by atoms with Gasteiger partial charge in [0, 0.05) is 0 Å². The summed E-state index contributed by atoms with van der Waals surface area (Å²) in [6.07, 6.45) is 0. The molecule has 1 N–H and O–H groups in total. The predicted molar refractivity (Wildman–Crippen MR) is 68.9 cm³/mol. The molecule has 0 saturated heterocycles.